The summed E-state index contributed by atoms with van der Waals surface area (Å²) in [4.78, 5) is 0. The van der Waals surface area contributed by atoms with Gasteiger partial charge < -0.3 is 0 Å². The highest BCUT2D eigenvalue weighted by Crippen LogP contribution is 2.20. The highest BCUT2D eigenvalue weighted by Gasteiger charge is 2.04. The molecule has 12 heavy (non-hydrogen) atoms. The monoisotopic (exact) mass is 272 g/mol. The molecule has 0 aliphatic carbocycles. The summed E-state index contributed by atoms with van der Waals surface area (Å²) in [7, 11) is 1.98. The lowest BCUT2D eigenvalue weighted by molar-refractivity contribution is 0.787. The zero-order chi connectivity index (χ0) is 8.72. The van der Waals surface area contributed by atoms with Gasteiger partial charge in [-0.25, -0.2) is 0 Å². The minimum absolute atomic E-state index is 1.07. The second kappa shape index (κ2) is 2.73. The molecule has 3 heteroatoms. The summed E-state index contributed by atoms with van der Waals surface area (Å²) in [6, 6.07) is 6.40. The van der Waals surface area contributed by atoms with Gasteiger partial charge in [0.2, 0.25) is 0 Å². The molecule has 2 rings (SSSR count). The molecule has 2 nitrogen and oxygen atoms in total. The molecular formula is C9H9IN2. The Balaban J connectivity index is 2.90. The van der Waals surface area contributed by atoms with Gasteiger partial charge in [-0.3, -0.25) is 4.68 Å². The maximum Gasteiger partial charge on any atom is 0.131 e. The van der Waals surface area contributed by atoms with Crippen molar-refractivity contribution in [1.82, 2.24) is 9.78 Å². The topological polar surface area (TPSA) is 17.8 Å². The third-order valence-corrected chi connectivity index (χ3v) is 2.76. The van der Waals surface area contributed by atoms with Gasteiger partial charge >= 0.3 is 0 Å². The first-order chi connectivity index (χ1) is 5.68. The molecule has 62 valence electrons. The molecule has 2 aromatic rings. The molecule has 0 N–H and O–H groups in total. The molecule has 0 atom stereocenters. The number of benzene rings is 1. The average Bonchev–Trinajstić information content (AvgIpc) is 2.28. The molecule has 0 saturated carbocycles. The first-order valence-corrected chi connectivity index (χ1v) is 4.85. The van der Waals surface area contributed by atoms with Crippen molar-refractivity contribution in [2.24, 2.45) is 7.05 Å². The molecule has 0 radical (unpaired) electrons. The van der Waals surface area contributed by atoms with Gasteiger partial charge in [0.25, 0.3) is 0 Å². The van der Waals surface area contributed by atoms with Crippen molar-refractivity contribution in [2.75, 3.05) is 0 Å². The van der Waals surface area contributed by atoms with Gasteiger partial charge in [0.05, 0.1) is 5.52 Å². The smallest absolute Gasteiger partial charge is 0.131 e. The Morgan fingerprint density at radius 1 is 1.42 bits per heavy atom. The van der Waals surface area contributed by atoms with Crippen molar-refractivity contribution in [2.45, 2.75) is 6.92 Å². The quantitative estimate of drug-likeness (QED) is 0.674. The highest BCUT2D eigenvalue weighted by molar-refractivity contribution is 14.1. The first-order valence-electron chi connectivity index (χ1n) is 3.77. The molecule has 0 unspecified atom stereocenters. The van der Waals surface area contributed by atoms with E-state index in [0.29, 0.717) is 0 Å². The van der Waals surface area contributed by atoms with Crippen LogP contribution in [0.3, 0.4) is 0 Å². The normalized spacial score (nSPS) is 10.9. The highest BCUT2D eigenvalue weighted by atomic mass is 127. The van der Waals surface area contributed by atoms with Gasteiger partial charge in [0.1, 0.15) is 3.70 Å². The summed E-state index contributed by atoms with van der Waals surface area (Å²) in [6.07, 6.45) is 0. The number of halogens is 1. The van der Waals surface area contributed by atoms with Gasteiger partial charge in [-0.1, -0.05) is 6.07 Å². The van der Waals surface area contributed by atoms with Crippen LogP contribution in [0.2, 0.25) is 0 Å². The number of hydrogen-bond acceptors (Lipinski definition) is 1. The van der Waals surface area contributed by atoms with Crippen LogP contribution in [0.15, 0.2) is 18.2 Å². The zero-order valence-corrected chi connectivity index (χ0v) is 9.16. The van der Waals surface area contributed by atoms with Crippen molar-refractivity contribution in [1.29, 1.82) is 0 Å². The Bertz CT molecular complexity index is 431. The fourth-order valence-corrected chi connectivity index (χ4v) is 2.10. The number of hydrogen-bond donors (Lipinski definition) is 0. The molecule has 0 aliphatic heterocycles. The Hall–Kier alpha value is -0.580. The average molecular weight is 272 g/mol. The number of fused-ring (bicyclic) bond motifs is 1. The van der Waals surface area contributed by atoms with E-state index < -0.39 is 0 Å². The predicted molar refractivity (Wildman–Crippen MR) is 58.2 cm³/mol. The van der Waals surface area contributed by atoms with Crippen LogP contribution in [0.5, 0.6) is 0 Å². The standard InChI is InChI=1S/C9H9IN2/c1-6-3-4-7-8(5-6)12(2)11-9(7)10/h3-5H,1-2H3. The Morgan fingerprint density at radius 3 is 2.92 bits per heavy atom. The van der Waals surface area contributed by atoms with Crippen molar-refractivity contribution < 1.29 is 0 Å². The summed E-state index contributed by atoms with van der Waals surface area (Å²) in [5, 5.41) is 5.57. The lowest BCUT2D eigenvalue weighted by atomic mass is 10.2. The van der Waals surface area contributed by atoms with Crippen LogP contribution < -0.4 is 0 Å². The van der Waals surface area contributed by atoms with E-state index in [1.807, 2.05) is 11.7 Å². The van der Waals surface area contributed by atoms with Crippen molar-refractivity contribution in [3.05, 3.63) is 27.5 Å². The Kier molecular flexibility index (Phi) is 1.83. The van der Waals surface area contributed by atoms with E-state index in [2.05, 4.69) is 52.8 Å². The largest absolute Gasteiger partial charge is 0.267 e. The van der Waals surface area contributed by atoms with Crippen LogP contribution in [-0.2, 0) is 7.05 Å². The second-order valence-electron chi connectivity index (χ2n) is 2.94. The van der Waals surface area contributed by atoms with Crippen LogP contribution in [0.4, 0.5) is 0 Å². The van der Waals surface area contributed by atoms with Crippen LogP contribution in [-0.4, -0.2) is 9.78 Å². The number of aromatic nitrogens is 2. The first kappa shape index (κ1) is 8.04. The molecule has 0 aliphatic rings. The van der Waals surface area contributed by atoms with E-state index in [1.54, 1.807) is 0 Å². The third kappa shape index (κ3) is 1.12. The number of nitrogens with zero attached hydrogens (tertiary/aromatic N) is 2. The SMILES string of the molecule is Cc1ccc2c(I)nn(C)c2c1. The van der Waals surface area contributed by atoms with Gasteiger partial charge in [-0.05, 0) is 47.2 Å². The summed E-state index contributed by atoms with van der Waals surface area (Å²) >= 11 is 2.26. The van der Waals surface area contributed by atoms with Gasteiger partial charge in [-0.15, -0.1) is 0 Å². The molecule has 0 fully saturated rings. The van der Waals surface area contributed by atoms with Crippen molar-refractivity contribution in [3.8, 4) is 0 Å². The van der Waals surface area contributed by atoms with E-state index in [4.69, 9.17) is 0 Å². The van der Waals surface area contributed by atoms with Crippen LogP contribution in [0, 0.1) is 10.6 Å². The molecule has 0 bridgehead atoms. The number of rotatable bonds is 0. The summed E-state index contributed by atoms with van der Waals surface area (Å²) in [6.45, 7) is 2.10. The van der Waals surface area contributed by atoms with E-state index in [-0.39, 0.29) is 0 Å². The van der Waals surface area contributed by atoms with E-state index in [0.717, 1.165) is 3.70 Å². The molecule has 1 aromatic carbocycles. The predicted octanol–water partition coefficient (Wildman–Crippen LogP) is 2.49. The fourth-order valence-electron chi connectivity index (χ4n) is 1.32. The Labute approximate surface area is 84.7 Å². The molecular weight excluding hydrogens is 263 g/mol. The van der Waals surface area contributed by atoms with Crippen LogP contribution >= 0.6 is 22.6 Å². The lowest BCUT2D eigenvalue weighted by Crippen LogP contribution is -1.89. The van der Waals surface area contributed by atoms with Gasteiger partial charge in [0.15, 0.2) is 0 Å². The maximum absolute atomic E-state index is 4.33. The van der Waals surface area contributed by atoms with E-state index in [1.165, 1.54) is 16.5 Å². The summed E-state index contributed by atoms with van der Waals surface area (Å²) in [5.74, 6) is 0. The molecule has 0 spiro atoms. The number of aryl methyl sites for hydroxylation is 2. The minimum Gasteiger partial charge on any atom is -0.267 e. The van der Waals surface area contributed by atoms with E-state index >= 15 is 0 Å². The third-order valence-electron chi connectivity index (χ3n) is 1.96. The van der Waals surface area contributed by atoms with Crippen LogP contribution in [0.1, 0.15) is 5.56 Å². The lowest BCUT2D eigenvalue weighted by Gasteiger charge is -1.94. The molecule has 0 amide bonds. The molecule has 1 heterocycles. The maximum atomic E-state index is 4.33. The van der Waals surface area contributed by atoms with Crippen molar-refractivity contribution in [3.63, 3.8) is 0 Å². The zero-order valence-electron chi connectivity index (χ0n) is 7.00. The second-order valence-corrected chi connectivity index (χ2v) is 3.96. The molecule has 1 aromatic heterocycles. The van der Waals surface area contributed by atoms with Crippen LogP contribution in [0.25, 0.3) is 10.9 Å². The van der Waals surface area contributed by atoms with Gasteiger partial charge in [0, 0.05) is 12.4 Å². The van der Waals surface area contributed by atoms with E-state index in [9.17, 15) is 0 Å². The fraction of sp³-hybridized carbons (Fsp3) is 0.222. The Morgan fingerprint density at radius 2 is 2.17 bits per heavy atom. The van der Waals surface area contributed by atoms with Gasteiger partial charge in [-0.2, -0.15) is 5.10 Å². The summed E-state index contributed by atoms with van der Waals surface area (Å²) in [5.41, 5.74) is 2.49. The summed E-state index contributed by atoms with van der Waals surface area (Å²) < 4.78 is 2.99. The minimum atomic E-state index is 1.07. The molecule has 0 saturated heterocycles. The van der Waals surface area contributed by atoms with Crippen molar-refractivity contribution >= 4 is 33.5 Å².